The van der Waals surface area contributed by atoms with E-state index in [0.717, 1.165) is 10.1 Å². The van der Waals surface area contributed by atoms with Crippen LogP contribution in [0.4, 0.5) is 0 Å². The number of rotatable bonds is 5. The van der Waals surface area contributed by atoms with Crippen LogP contribution in [0, 0.1) is 0 Å². The van der Waals surface area contributed by atoms with Gasteiger partial charge >= 0.3 is 5.69 Å². The number of hydrogen-bond acceptors (Lipinski definition) is 4. The van der Waals surface area contributed by atoms with E-state index in [2.05, 4.69) is 15.3 Å². The van der Waals surface area contributed by atoms with Gasteiger partial charge in [-0.1, -0.05) is 30.3 Å². The molecule has 0 radical (unpaired) electrons. The third-order valence-corrected chi connectivity index (χ3v) is 3.77. The van der Waals surface area contributed by atoms with Gasteiger partial charge in [0.05, 0.1) is 0 Å². The number of nitrogens with one attached hydrogen (secondary N) is 2. The minimum Gasteiger partial charge on any atom is -0.341 e. The predicted octanol–water partition coefficient (Wildman–Crippen LogP) is 0.176. The first-order valence-corrected chi connectivity index (χ1v) is 7.66. The molecule has 8 heteroatoms. The van der Waals surface area contributed by atoms with Crippen LogP contribution in [0.15, 0.2) is 64.6 Å². The van der Waals surface area contributed by atoms with Gasteiger partial charge in [0.15, 0.2) is 0 Å². The molecule has 3 rings (SSSR count). The summed E-state index contributed by atoms with van der Waals surface area (Å²) in [5, 5.41) is 2.89. The van der Waals surface area contributed by atoms with Crippen molar-refractivity contribution in [3.63, 3.8) is 0 Å². The fourth-order valence-corrected chi connectivity index (χ4v) is 2.53. The third-order valence-electron chi connectivity index (χ3n) is 3.77. The zero-order chi connectivity index (χ0) is 17.8. The maximum atomic E-state index is 12.4. The van der Waals surface area contributed by atoms with Gasteiger partial charge in [0, 0.05) is 31.7 Å². The van der Waals surface area contributed by atoms with Crippen molar-refractivity contribution >= 4 is 5.91 Å². The Morgan fingerprint density at radius 3 is 2.60 bits per heavy atom. The molecule has 1 aromatic carbocycles. The fourth-order valence-electron chi connectivity index (χ4n) is 2.53. The summed E-state index contributed by atoms with van der Waals surface area (Å²) in [6.07, 6.45) is 4.74. The molecule has 0 saturated heterocycles. The highest BCUT2D eigenvalue weighted by atomic mass is 16.2. The first-order valence-electron chi connectivity index (χ1n) is 7.66. The van der Waals surface area contributed by atoms with E-state index in [-0.39, 0.29) is 12.5 Å². The van der Waals surface area contributed by atoms with Crippen LogP contribution >= 0.6 is 0 Å². The SMILES string of the molecule is Cn1ccnc1C(NC(=O)Cn1ccc(=O)[nH]c1=O)c1ccccc1. The minimum atomic E-state index is -0.629. The summed E-state index contributed by atoms with van der Waals surface area (Å²) in [6.45, 7) is -0.205. The molecule has 0 saturated carbocycles. The Kier molecular flexibility index (Phi) is 4.60. The standard InChI is InChI=1S/C17H17N5O3/c1-21-10-8-18-16(21)15(12-5-3-2-4-6-12)19-14(24)11-22-9-7-13(23)20-17(22)25/h2-10,15H,11H2,1H3,(H,19,24)(H,20,23,25). The average molecular weight is 339 g/mol. The Labute approximate surface area is 142 Å². The molecule has 2 N–H and O–H groups in total. The predicted molar refractivity (Wildman–Crippen MR) is 91.0 cm³/mol. The van der Waals surface area contributed by atoms with Gasteiger partial charge in [-0.25, -0.2) is 9.78 Å². The van der Waals surface area contributed by atoms with Crippen molar-refractivity contribution < 1.29 is 4.79 Å². The molecule has 2 heterocycles. The number of nitrogens with zero attached hydrogens (tertiary/aromatic N) is 3. The van der Waals surface area contributed by atoms with E-state index in [1.165, 1.54) is 12.3 Å². The lowest BCUT2D eigenvalue weighted by atomic mass is 10.1. The first kappa shape index (κ1) is 16.4. The number of aryl methyl sites for hydroxylation is 1. The molecule has 1 unspecified atom stereocenters. The topological polar surface area (TPSA) is 102 Å². The maximum absolute atomic E-state index is 12.4. The zero-order valence-corrected chi connectivity index (χ0v) is 13.5. The molecular formula is C17H17N5O3. The highest BCUT2D eigenvalue weighted by Crippen LogP contribution is 2.19. The Morgan fingerprint density at radius 1 is 1.20 bits per heavy atom. The molecule has 1 amide bonds. The van der Waals surface area contributed by atoms with Crippen molar-refractivity contribution in [3.05, 3.63) is 87.2 Å². The largest absolute Gasteiger partial charge is 0.341 e. The van der Waals surface area contributed by atoms with Gasteiger partial charge in [0.1, 0.15) is 18.4 Å². The monoisotopic (exact) mass is 339 g/mol. The van der Waals surface area contributed by atoms with E-state index in [1.807, 2.05) is 41.9 Å². The third kappa shape index (κ3) is 3.74. The van der Waals surface area contributed by atoms with Crippen molar-refractivity contribution in [2.45, 2.75) is 12.6 Å². The maximum Gasteiger partial charge on any atom is 0.328 e. The zero-order valence-electron chi connectivity index (χ0n) is 13.5. The minimum absolute atomic E-state index is 0.205. The summed E-state index contributed by atoms with van der Waals surface area (Å²) in [5.74, 6) is 0.305. The molecule has 2 aromatic heterocycles. The Balaban J connectivity index is 1.85. The van der Waals surface area contributed by atoms with E-state index in [1.54, 1.807) is 12.4 Å². The summed E-state index contributed by atoms with van der Waals surface area (Å²) in [5.41, 5.74) is -0.258. The molecule has 0 bridgehead atoms. The van der Waals surface area contributed by atoms with Gasteiger partial charge in [-0.3, -0.25) is 19.1 Å². The molecule has 8 nitrogen and oxygen atoms in total. The summed E-state index contributed by atoms with van der Waals surface area (Å²) in [6, 6.07) is 10.2. The van der Waals surface area contributed by atoms with E-state index < -0.39 is 17.3 Å². The van der Waals surface area contributed by atoms with Crippen molar-refractivity contribution in [1.29, 1.82) is 0 Å². The lowest BCUT2D eigenvalue weighted by Crippen LogP contribution is -2.37. The fraction of sp³-hybridized carbons (Fsp3) is 0.176. The molecule has 1 atom stereocenters. The number of aromatic nitrogens is 4. The Bertz CT molecular complexity index is 987. The lowest BCUT2D eigenvalue weighted by Gasteiger charge is -2.19. The second-order valence-electron chi connectivity index (χ2n) is 5.55. The van der Waals surface area contributed by atoms with E-state index in [0.29, 0.717) is 5.82 Å². The number of H-pyrrole nitrogens is 1. The van der Waals surface area contributed by atoms with Crippen LogP contribution in [-0.2, 0) is 18.4 Å². The van der Waals surface area contributed by atoms with Gasteiger partial charge in [0.2, 0.25) is 5.91 Å². The van der Waals surface area contributed by atoms with Crippen molar-refractivity contribution in [2.24, 2.45) is 7.05 Å². The van der Waals surface area contributed by atoms with Crippen LogP contribution in [-0.4, -0.2) is 25.0 Å². The van der Waals surface area contributed by atoms with Crippen molar-refractivity contribution in [1.82, 2.24) is 24.4 Å². The molecule has 0 aliphatic carbocycles. The highest BCUT2D eigenvalue weighted by Gasteiger charge is 2.20. The second-order valence-corrected chi connectivity index (χ2v) is 5.55. The second kappa shape index (κ2) is 7.00. The normalized spacial score (nSPS) is 11.9. The van der Waals surface area contributed by atoms with Gasteiger partial charge in [0.25, 0.3) is 5.56 Å². The average Bonchev–Trinajstić information content (AvgIpc) is 3.02. The molecule has 3 aromatic rings. The number of imidazole rings is 1. The number of carbonyl (C=O) groups excluding carboxylic acids is 1. The van der Waals surface area contributed by atoms with Crippen molar-refractivity contribution in [3.8, 4) is 0 Å². The molecule has 0 aliphatic heterocycles. The first-order chi connectivity index (χ1) is 12.0. The summed E-state index contributed by atoms with van der Waals surface area (Å²) < 4.78 is 2.96. The van der Waals surface area contributed by atoms with Crippen LogP contribution < -0.4 is 16.6 Å². The molecule has 128 valence electrons. The van der Waals surface area contributed by atoms with Crippen LogP contribution in [0.5, 0.6) is 0 Å². The van der Waals surface area contributed by atoms with Gasteiger partial charge in [-0.2, -0.15) is 0 Å². The van der Waals surface area contributed by atoms with Gasteiger partial charge < -0.3 is 9.88 Å². The van der Waals surface area contributed by atoms with E-state index >= 15 is 0 Å². The number of amides is 1. The summed E-state index contributed by atoms with van der Waals surface area (Å²) in [4.78, 5) is 41.7. The molecule has 0 fully saturated rings. The molecule has 0 spiro atoms. The van der Waals surface area contributed by atoms with Gasteiger partial charge in [-0.15, -0.1) is 0 Å². The van der Waals surface area contributed by atoms with E-state index in [9.17, 15) is 14.4 Å². The van der Waals surface area contributed by atoms with Gasteiger partial charge in [-0.05, 0) is 5.56 Å². The van der Waals surface area contributed by atoms with Crippen LogP contribution in [0.1, 0.15) is 17.4 Å². The molecule has 0 aliphatic rings. The highest BCUT2D eigenvalue weighted by molar-refractivity contribution is 5.76. The lowest BCUT2D eigenvalue weighted by molar-refractivity contribution is -0.122. The number of benzene rings is 1. The Morgan fingerprint density at radius 2 is 1.96 bits per heavy atom. The van der Waals surface area contributed by atoms with Crippen LogP contribution in [0.3, 0.4) is 0 Å². The van der Waals surface area contributed by atoms with E-state index in [4.69, 9.17) is 0 Å². The summed E-state index contributed by atoms with van der Waals surface area (Å²) >= 11 is 0. The quantitative estimate of drug-likeness (QED) is 0.692. The number of hydrogen-bond donors (Lipinski definition) is 2. The summed E-state index contributed by atoms with van der Waals surface area (Å²) in [7, 11) is 1.84. The van der Waals surface area contributed by atoms with Crippen molar-refractivity contribution in [2.75, 3.05) is 0 Å². The van der Waals surface area contributed by atoms with Crippen LogP contribution in [0.2, 0.25) is 0 Å². The van der Waals surface area contributed by atoms with Crippen LogP contribution in [0.25, 0.3) is 0 Å². The Hall–Kier alpha value is -3.42. The molecule has 25 heavy (non-hydrogen) atoms. The number of carbonyl (C=O) groups is 1. The smallest absolute Gasteiger partial charge is 0.328 e. The molecular weight excluding hydrogens is 322 g/mol. The number of aromatic amines is 1.